The number of esters is 1. The molecular weight excluding hydrogens is 320 g/mol. The first-order valence-corrected chi connectivity index (χ1v) is 8.24. The van der Waals surface area contributed by atoms with E-state index in [1.165, 1.54) is 11.3 Å². The van der Waals surface area contributed by atoms with E-state index in [0.29, 0.717) is 9.90 Å². The van der Waals surface area contributed by atoms with E-state index in [1.807, 2.05) is 25.1 Å². The van der Waals surface area contributed by atoms with Gasteiger partial charge < -0.3 is 4.74 Å². The molecule has 1 aliphatic rings. The predicted octanol–water partition coefficient (Wildman–Crippen LogP) is 4.17. The summed E-state index contributed by atoms with van der Waals surface area (Å²) in [5.41, 5.74) is 0.317. The number of aryl methyl sites for hydroxylation is 1. The van der Waals surface area contributed by atoms with Crippen LogP contribution in [0.1, 0.15) is 33.0 Å². The molecule has 0 unspecified atom stereocenters. The molecule has 1 heterocycles. The minimum atomic E-state index is -0.587. The molecule has 1 aromatic carbocycles. The minimum absolute atomic E-state index is 0.154. The van der Waals surface area contributed by atoms with Gasteiger partial charge in [-0.15, -0.1) is 11.3 Å². The zero-order chi connectivity index (χ0) is 15.7. The summed E-state index contributed by atoms with van der Waals surface area (Å²) >= 11 is 7.29. The molecule has 1 aromatic heterocycles. The number of hydrogen-bond acceptors (Lipinski definition) is 4. The maximum Gasteiger partial charge on any atom is 0.317 e. The summed E-state index contributed by atoms with van der Waals surface area (Å²) in [7, 11) is 0. The molecule has 0 bridgehead atoms. The van der Waals surface area contributed by atoms with Gasteiger partial charge in [0.1, 0.15) is 0 Å². The van der Waals surface area contributed by atoms with Crippen molar-refractivity contribution in [2.75, 3.05) is 6.61 Å². The van der Waals surface area contributed by atoms with Gasteiger partial charge in [-0.1, -0.05) is 23.7 Å². The van der Waals surface area contributed by atoms with Gasteiger partial charge in [-0.2, -0.15) is 0 Å². The standard InChI is InChI=1S/C17H15ClO3S/c1-11-2-7-15(22-11)14(19)10-21-16(20)17(8-9-17)12-3-5-13(18)6-4-12/h2-7H,8-10H2,1H3. The van der Waals surface area contributed by atoms with Crippen LogP contribution in [0.15, 0.2) is 36.4 Å². The van der Waals surface area contributed by atoms with Gasteiger partial charge in [-0.3, -0.25) is 9.59 Å². The van der Waals surface area contributed by atoms with Gasteiger partial charge in [0.2, 0.25) is 5.78 Å². The Hall–Kier alpha value is -1.65. The normalized spacial score (nSPS) is 15.4. The van der Waals surface area contributed by atoms with E-state index in [4.69, 9.17) is 16.3 Å². The van der Waals surface area contributed by atoms with Gasteiger partial charge in [-0.05, 0) is 49.6 Å². The van der Waals surface area contributed by atoms with E-state index < -0.39 is 5.41 Å². The van der Waals surface area contributed by atoms with Gasteiger partial charge in [-0.25, -0.2) is 0 Å². The topological polar surface area (TPSA) is 43.4 Å². The van der Waals surface area contributed by atoms with Crippen molar-refractivity contribution in [3.63, 3.8) is 0 Å². The van der Waals surface area contributed by atoms with Crippen molar-refractivity contribution in [3.05, 3.63) is 56.7 Å². The molecule has 1 saturated carbocycles. The van der Waals surface area contributed by atoms with Crippen LogP contribution in [0.2, 0.25) is 5.02 Å². The third-order valence-corrected chi connectivity index (χ3v) is 5.18. The maximum absolute atomic E-state index is 12.3. The molecule has 0 saturated heterocycles. The summed E-state index contributed by atoms with van der Waals surface area (Å²) in [5.74, 6) is -0.477. The molecule has 3 rings (SSSR count). The molecule has 22 heavy (non-hydrogen) atoms. The highest BCUT2D eigenvalue weighted by Crippen LogP contribution is 2.49. The van der Waals surface area contributed by atoms with Gasteiger partial charge in [0.15, 0.2) is 6.61 Å². The van der Waals surface area contributed by atoms with E-state index in [-0.39, 0.29) is 18.4 Å². The van der Waals surface area contributed by atoms with E-state index in [2.05, 4.69) is 0 Å². The number of ketones is 1. The van der Waals surface area contributed by atoms with Gasteiger partial charge >= 0.3 is 5.97 Å². The Morgan fingerprint density at radius 3 is 2.41 bits per heavy atom. The maximum atomic E-state index is 12.3. The fourth-order valence-corrected chi connectivity index (χ4v) is 3.35. The van der Waals surface area contributed by atoms with Crippen molar-refractivity contribution in [1.82, 2.24) is 0 Å². The van der Waals surface area contributed by atoms with E-state index in [0.717, 1.165) is 23.3 Å². The fourth-order valence-electron chi connectivity index (χ4n) is 2.43. The average Bonchev–Trinajstić information content (AvgIpc) is 3.21. The molecule has 3 nitrogen and oxygen atoms in total. The quantitative estimate of drug-likeness (QED) is 0.609. The lowest BCUT2D eigenvalue weighted by Gasteiger charge is -2.14. The smallest absolute Gasteiger partial charge is 0.317 e. The zero-order valence-corrected chi connectivity index (χ0v) is 13.7. The Labute approximate surface area is 137 Å². The molecule has 5 heteroatoms. The number of thiophene rings is 1. The highest BCUT2D eigenvalue weighted by molar-refractivity contribution is 7.14. The van der Waals surface area contributed by atoms with Crippen molar-refractivity contribution in [2.45, 2.75) is 25.2 Å². The lowest BCUT2D eigenvalue weighted by atomic mass is 9.96. The predicted molar refractivity (Wildman–Crippen MR) is 86.7 cm³/mol. The first-order chi connectivity index (χ1) is 10.5. The van der Waals surface area contributed by atoms with Crippen LogP contribution in [0.5, 0.6) is 0 Å². The summed E-state index contributed by atoms with van der Waals surface area (Å²) in [6.07, 6.45) is 1.50. The summed E-state index contributed by atoms with van der Waals surface area (Å²) in [6, 6.07) is 10.9. The Kier molecular flexibility index (Phi) is 4.06. The van der Waals surface area contributed by atoms with Gasteiger partial charge in [0.25, 0.3) is 0 Å². The number of benzene rings is 1. The van der Waals surface area contributed by atoms with Crippen LogP contribution in [0.25, 0.3) is 0 Å². The first kappa shape index (κ1) is 15.3. The Balaban J connectivity index is 1.64. The summed E-state index contributed by atoms with van der Waals surface area (Å²) in [6.45, 7) is 1.74. The molecule has 0 spiro atoms. The average molecular weight is 335 g/mol. The van der Waals surface area contributed by atoms with Crippen molar-refractivity contribution < 1.29 is 14.3 Å². The summed E-state index contributed by atoms with van der Waals surface area (Å²) in [5, 5.41) is 0.635. The van der Waals surface area contributed by atoms with Crippen LogP contribution in [0.4, 0.5) is 0 Å². The van der Waals surface area contributed by atoms with Crippen LogP contribution in [-0.2, 0) is 14.9 Å². The minimum Gasteiger partial charge on any atom is -0.457 e. The van der Waals surface area contributed by atoms with Crippen LogP contribution >= 0.6 is 22.9 Å². The van der Waals surface area contributed by atoms with Crippen molar-refractivity contribution in [1.29, 1.82) is 0 Å². The van der Waals surface area contributed by atoms with Crippen LogP contribution < -0.4 is 0 Å². The van der Waals surface area contributed by atoms with Gasteiger partial charge in [0, 0.05) is 9.90 Å². The fraction of sp³-hybridized carbons (Fsp3) is 0.294. The van der Waals surface area contributed by atoms with Gasteiger partial charge in [0.05, 0.1) is 10.3 Å². The number of Topliss-reactive ketones (excluding diaryl/α,β-unsaturated/α-hetero) is 1. The summed E-state index contributed by atoms with van der Waals surface area (Å²) < 4.78 is 5.26. The number of hydrogen-bond donors (Lipinski definition) is 0. The molecular formula is C17H15ClO3S. The highest BCUT2D eigenvalue weighted by Gasteiger charge is 2.52. The molecule has 0 amide bonds. The Bertz CT molecular complexity index is 714. The van der Waals surface area contributed by atoms with Crippen LogP contribution in [0, 0.1) is 6.92 Å². The zero-order valence-electron chi connectivity index (χ0n) is 12.1. The number of carbonyl (C=O) groups is 2. The monoisotopic (exact) mass is 334 g/mol. The molecule has 0 aliphatic heterocycles. The second-order valence-corrected chi connectivity index (χ2v) is 7.22. The largest absolute Gasteiger partial charge is 0.457 e. The van der Waals surface area contributed by atoms with E-state index in [1.54, 1.807) is 18.2 Å². The van der Waals surface area contributed by atoms with Crippen molar-refractivity contribution >= 4 is 34.7 Å². The summed E-state index contributed by atoms with van der Waals surface area (Å²) in [4.78, 5) is 26.0. The van der Waals surface area contributed by atoms with Crippen LogP contribution in [0.3, 0.4) is 0 Å². The molecule has 0 N–H and O–H groups in total. The molecule has 1 fully saturated rings. The third-order valence-electron chi connectivity index (χ3n) is 3.89. The lowest BCUT2D eigenvalue weighted by molar-refractivity contribution is -0.145. The lowest BCUT2D eigenvalue weighted by Crippen LogP contribution is -2.25. The number of halogens is 1. The Morgan fingerprint density at radius 1 is 1.18 bits per heavy atom. The second-order valence-electron chi connectivity index (χ2n) is 5.50. The van der Waals surface area contributed by atoms with Crippen molar-refractivity contribution in [2.24, 2.45) is 0 Å². The number of carbonyl (C=O) groups excluding carboxylic acids is 2. The molecule has 0 atom stereocenters. The van der Waals surface area contributed by atoms with Crippen molar-refractivity contribution in [3.8, 4) is 0 Å². The van der Waals surface area contributed by atoms with E-state index >= 15 is 0 Å². The molecule has 1 aliphatic carbocycles. The third kappa shape index (κ3) is 2.94. The SMILES string of the molecule is Cc1ccc(C(=O)COC(=O)C2(c3ccc(Cl)cc3)CC2)s1. The van der Waals surface area contributed by atoms with E-state index in [9.17, 15) is 9.59 Å². The second kappa shape index (κ2) is 5.86. The molecule has 2 aromatic rings. The number of ether oxygens (including phenoxy) is 1. The highest BCUT2D eigenvalue weighted by atomic mass is 35.5. The van der Waals surface area contributed by atoms with Crippen LogP contribution in [-0.4, -0.2) is 18.4 Å². The number of rotatable bonds is 5. The molecule has 114 valence electrons. The molecule has 0 radical (unpaired) electrons. The first-order valence-electron chi connectivity index (χ1n) is 7.04. The Morgan fingerprint density at radius 2 is 1.86 bits per heavy atom.